The summed E-state index contributed by atoms with van der Waals surface area (Å²) in [4.78, 5) is 16.7. The van der Waals surface area contributed by atoms with Gasteiger partial charge in [0.25, 0.3) is 5.91 Å². The second kappa shape index (κ2) is 5.45. The second-order valence-corrected chi connectivity index (χ2v) is 5.35. The van der Waals surface area contributed by atoms with Crippen molar-refractivity contribution in [1.29, 1.82) is 0 Å². The molecule has 3 aromatic rings. The van der Waals surface area contributed by atoms with Gasteiger partial charge in [0.2, 0.25) is 0 Å². The van der Waals surface area contributed by atoms with E-state index < -0.39 is 0 Å². The molecular weight excluding hydrogens is 286 g/mol. The lowest BCUT2D eigenvalue weighted by Crippen LogP contribution is -2.10. The first-order chi connectivity index (χ1) is 10.1. The van der Waals surface area contributed by atoms with Gasteiger partial charge >= 0.3 is 0 Å². The molecule has 6 nitrogen and oxygen atoms in total. The molecule has 0 bridgehead atoms. The number of nitrogens with zero attached hydrogens (tertiary/aromatic N) is 4. The van der Waals surface area contributed by atoms with Crippen molar-refractivity contribution in [2.24, 2.45) is 0 Å². The zero-order valence-electron chi connectivity index (χ0n) is 11.6. The smallest absolute Gasteiger partial charge is 0.269 e. The molecule has 7 heteroatoms. The molecule has 0 radical (unpaired) electrons. The Morgan fingerprint density at radius 1 is 1.24 bits per heavy atom. The SMILES string of the molecule is Cc1ncn(-c2ccc(NC(=O)c3cnns3)cc2)c1C. The van der Waals surface area contributed by atoms with Crippen LogP contribution in [0.15, 0.2) is 36.8 Å². The van der Waals surface area contributed by atoms with E-state index in [-0.39, 0.29) is 5.91 Å². The van der Waals surface area contributed by atoms with E-state index in [0.29, 0.717) is 4.88 Å². The minimum atomic E-state index is -0.201. The first-order valence-corrected chi connectivity index (χ1v) is 7.12. The van der Waals surface area contributed by atoms with E-state index in [1.807, 2.05) is 42.7 Å². The molecule has 0 saturated carbocycles. The fourth-order valence-corrected chi connectivity index (χ4v) is 2.33. The Morgan fingerprint density at radius 3 is 2.57 bits per heavy atom. The van der Waals surface area contributed by atoms with Crippen LogP contribution < -0.4 is 5.32 Å². The first-order valence-electron chi connectivity index (χ1n) is 6.35. The lowest BCUT2D eigenvalue weighted by Gasteiger charge is -2.07. The standard InChI is InChI=1S/C14H13N5OS/c1-9-10(2)19(8-15-9)12-5-3-11(4-6-12)17-14(20)13-7-16-18-21-13/h3-8H,1-2H3,(H,17,20). The molecule has 0 aliphatic rings. The number of carbonyl (C=O) groups excluding carboxylic acids is 1. The topological polar surface area (TPSA) is 72.7 Å². The quantitative estimate of drug-likeness (QED) is 0.807. The number of anilines is 1. The Hall–Kier alpha value is -2.54. The Balaban J connectivity index is 1.78. The van der Waals surface area contributed by atoms with Crippen molar-refractivity contribution in [3.8, 4) is 5.69 Å². The highest BCUT2D eigenvalue weighted by Gasteiger charge is 2.09. The maximum atomic E-state index is 11.9. The van der Waals surface area contributed by atoms with Crippen LogP contribution in [0, 0.1) is 13.8 Å². The summed E-state index contributed by atoms with van der Waals surface area (Å²) in [7, 11) is 0. The average Bonchev–Trinajstić information content (AvgIpc) is 3.12. The lowest BCUT2D eigenvalue weighted by atomic mass is 10.2. The Kier molecular flexibility index (Phi) is 3.49. The van der Waals surface area contributed by atoms with Crippen molar-refractivity contribution >= 4 is 23.1 Å². The molecule has 0 saturated heterocycles. The third-order valence-corrected chi connectivity index (χ3v) is 3.90. The van der Waals surface area contributed by atoms with Crippen LogP contribution in [0.2, 0.25) is 0 Å². The van der Waals surface area contributed by atoms with Gasteiger partial charge in [0.05, 0.1) is 18.2 Å². The van der Waals surface area contributed by atoms with Gasteiger partial charge in [0.1, 0.15) is 4.88 Å². The number of amides is 1. The molecule has 1 N–H and O–H groups in total. The normalized spacial score (nSPS) is 10.6. The predicted octanol–water partition coefficient (Wildman–Crippen LogP) is 2.59. The van der Waals surface area contributed by atoms with Gasteiger partial charge in [-0.2, -0.15) is 0 Å². The summed E-state index contributed by atoms with van der Waals surface area (Å²) < 4.78 is 5.68. The molecule has 0 aliphatic carbocycles. The number of imidazole rings is 1. The Bertz CT molecular complexity index is 761. The van der Waals surface area contributed by atoms with E-state index in [4.69, 9.17) is 0 Å². The second-order valence-electron chi connectivity index (χ2n) is 4.57. The molecule has 0 fully saturated rings. The molecule has 0 unspecified atom stereocenters. The van der Waals surface area contributed by atoms with Gasteiger partial charge < -0.3 is 9.88 Å². The van der Waals surface area contributed by atoms with Crippen LogP contribution in [0.25, 0.3) is 5.69 Å². The van der Waals surface area contributed by atoms with Crippen LogP contribution in [0.1, 0.15) is 21.1 Å². The van der Waals surface area contributed by atoms with E-state index in [1.54, 1.807) is 6.33 Å². The van der Waals surface area contributed by atoms with Gasteiger partial charge in [-0.25, -0.2) is 4.98 Å². The number of nitrogens with one attached hydrogen (secondary N) is 1. The Labute approximate surface area is 125 Å². The molecule has 21 heavy (non-hydrogen) atoms. The van der Waals surface area contributed by atoms with Gasteiger partial charge in [0.15, 0.2) is 0 Å². The molecule has 106 valence electrons. The van der Waals surface area contributed by atoms with Crippen molar-refractivity contribution in [2.45, 2.75) is 13.8 Å². The summed E-state index contributed by atoms with van der Waals surface area (Å²) in [6.07, 6.45) is 3.24. The fraction of sp³-hybridized carbons (Fsp3) is 0.143. The summed E-state index contributed by atoms with van der Waals surface area (Å²) in [5.41, 5.74) is 3.84. The molecule has 2 aromatic heterocycles. The van der Waals surface area contributed by atoms with Gasteiger partial charge in [-0.05, 0) is 49.6 Å². The van der Waals surface area contributed by atoms with Gasteiger partial charge in [0, 0.05) is 17.1 Å². The zero-order chi connectivity index (χ0) is 14.8. The molecule has 2 heterocycles. The summed E-state index contributed by atoms with van der Waals surface area (Å²) in [5, 5.41) is 6.46. The molecule has 0 atom stereocenters. The lowest BCUT2D eigenvalue weighted by molar-refractivity contribution is 0.103. The summed E-state index contributed by atoms with van der Waals surface area (Å²) >= 11 is 1.07. The maximum absolute atomic E-state index is 11.9. The van der Waals surface area contributed by atoms with Crippen LogP contribution in [-0.2, 0) is 0 Å². The number of rotatable bonds is 3. The van der Waals surface area contributed by atoms with E-state index in [2.05, 4.69) is 19.9 Å². The predicted molar refractivity (Wildman–Crippen MR) is 80.9 cm³/mol. The number of hydrogen-bond donors (Lipinski definition) is 1. The number of aromatic nitrogens is 4. The molecule has 0 aliphatic heterocycles. The largest absolute Gasteiger partial charge is 0.321 e. The van der Waals surface area contributed by atoms with Gasteiger partial charge in [-0.3, -0.25) is 4.79 Å². The molecule has 3 rings (SSSR count). The van der Waals surface area contributed by atoms with E-state index in [0.717, 1.165) is 34.3 Å². The minimum absolute atomic E-state index is 0.201. The first kappa shape index (κ1) is 13.4. The molecule has 1 amide bonds. The summed E-state index contributed by atoms with van der Waals surface area (Å²) in [6.45, 7) is 4.00. The summed E-state index contributed by atoms with van der Waals surface area (Å²) in [5.74, 6) is -0.201. The molecular formula is C14H13N5OS. The van der Waals surface area contributed by atoms with Crippen molar-refractivity contribution in [2.75, 3.05) is 5.32 Å². The number of hydrogen-bond acceptors (Lipinski definition) is 5. The maximum Gasteiger partial charge on any atom is 0.269 e. The van der Waals surface area contributed by atoms with Gasteiger partial charge in [-0.1, -0.05) is 4.49 Å². The van der Waals surface area contributed by atoms with Crippen LogP contribution in [-0.4, -0.2) is 25.0 Å². The number of carbonyl (C=O) groups is 1. The zero-order valence-corrected chi connectivity index (χ0v) is 12.4. The van der Waals surface area contributed by atoms with Crippen molar-refractivity contribution in [1.82, 2.24) is 19.1 Å². The van der Waals surface area contributed by atoms with Crippen molar-refractivity contribution in [3.63, 3.8) is 0 Å². The van der Waals surface area contributed by atoms with Crippen LogP contribution in [0.4, 0.5) is 5.69 Å². The third kappa shape index (κ3) is 2.68. The monoisotopic (exact) mass is 299 g/mol. The average molecular weight is 299 g/mol. The number of aryl methyl sites for hydroxylation is 1. The van der Waals surface area contributed by atoms with Gasteiger partial charge in [-0.15, -0.1) is 5.10 Å². The van der Waals surface area contributed by atoms with E-state index >= 15 is 0 Å². The highest BCUT2D eigenvalue weighted by molar-refractivity contribution is 7.07. The third-order valence-electron chi connectivity index (χ3n) is 3.24. The highest BCUT2D eigenvalue weighted by atomic mass is 32.1. The van der Waals surface area contributed by atoms with Crippen LogP contribution in [0.3, 0.4) is 0 Å². The minimum Gasteiger partial charge on any atom is -0.321 e. The van der Waals surface area contributed by atoms with Crippen LogP contribution >= 0.6 is 11.5 Å². The Morgan fingerprint density at radius 2 is 2.00 bits per heavy atom. The fourth-order valence-electron chi connectivity index (χ4n) is 1.92. The van der Waals surface area contributed by atoms with Crippen LogP contribution in [0.5, 0.6) is 0 Å². The van der Waals surface area contributed by atoms with E-state index in [9.17, 15) is 4.79 Å². The molecule has 0 spiro atoms. The highest BCUT2D eigenvalue weighted by Crippen LogP contribution is 2.17. The molecule has 1 aromatic carbocycles. The van der Waals surface area contributed by atoms with E-state index in [1.165, 1.54) is 6.20 Å². The van der Waals surface area contributed by atoms with Crippen molar-refractivity contribution < 1.29 is 4.79 Å². The number of benzene rings is 1. The van der Waals surface area contributed by atoms with Crippen molar-refractivity contribution in [3.05, 3.63) is 53.1 Å². The summed E-state index contributed by atoms with van der Waals surface area (Å²) in [6, 6.07) is 7.59.